The second kappa shape index (κ2) is 6.71. The molecule has 4 nitrogen and oxygen atoms in total. The first-order chi connectivity index (χ1) is 12.5. The van der Waals surface area contributed by atoms with Gasteiger partial charge in [0.2, 0.25) is 0 Å². The summed E-state index contributed by atoms with van der Waals surface area (Å²) in [5.41, 5.74) is 3.59. The lowest BCUT2D eigenvalue weighted by atomic mass is 10.0. The summed E-state index contributed by atoms with van der Waals surface area (Å²) in [5.74, 6) is 0. The normalized spacial score (nSPS) is 11.8. The van der Waals surface area contributed by atoms with Gasteiger partial charge in [-0.25, -0.2) is 4.98 Å². The fraction of sp³-hybridized carbons (Fsp3) is 0.238. The Bertz CT molecular complexity index is 1130. The summed E-state index contributed by atoms with van der Waals surface area (Å²) in [6.07, 6.45) is 0.972. The van der Waals surface area contributed by atoms with E-state index in [1.165, 1.54) is 0 Å². The van der Waals surface area contributed by atoms with Crippen LogP contribution in [0.1, 0.15) is 6.42 Å². The Labute approximate surface area is 157 Å². The Morgan fingerprint density at radius 1 is 1.08 bits per heavy atom. The third kappa shape index (κ3) is 2.96. The van der Waals surface area contributed by atoms with Crippen molar-refractivity contribution in [1.29, 1.82) is 0 Å². The Kier molecular flexibility index (Phi) is 4.39. The fourth-order valence-corrected chi connectivity index (χ4v) is 3.65. The molecule has 0 aromatic heterocycles. The van der Waals surface area contributed by atoms with Crippen molar-refractivity contribution in [3.8, 4) is 11.4 Å². The van der Waals surface area contributed by atoms with Crippen LogP contribution in [0.3, 0.4) is 0 Å². The molecule has 0 unspecified atom stereocenters. The Morgan fingerprint density at radius 2 is 1.85 bits per heavy atom. The van der Waals surface area contributed by atoms with E-state index < -0.39 is 0 Å². The maximum Gasteiger partial charge on any atom is 0.188 e. The molecule has 0 saturated carbocycles. The second-order valence-corrected chi connectivity index (χ2v) is 7.28. The third-order valence-electron chi connectivity index (χ3n) is 4.70. The number of hydrogen-bond donors (Lipinski definition) is 0. The maximum absolute atomic E-state index is 12.7. The molecule has 2 aliphatic rings. The first kappa shape index (κ1) is 17.0. The minimum absolute atomic E-state index is 0.0256. The number of halogens is 1. The quantitative estimate of drug-likeness (QED) is 0.400. The summed E-state index contributed by atoms with van der Waals surface area (Å²) in [7, 11) is 4.13. The van der Waals surface area contributed by atoms with Gasteiger partial charge in [-0.05, 0) is 45.3 Å². The first-order valence-corrected chi connectivity index (χ1v) is 9.09. The van der Waals surface area contributed by atoms with Gasteiger partial charge in [-0.2, -0.15) is 0 Å². The Hall–Kier alpha value is -2.43. The number of nitrogens with zero attached hydrogens (tertiary/aromatic N) is 3. The monoisotopic (exact) mass is 365 g/mol. The van der Waals surface area contributed by atoms with Gasteiger partial charge in [0.25, 0.3) is 0 Å². The van der Waals surface area contributed by atoms with Crippen LogP contribution in [0.2, 0.25) is 5.02 Å². The zero-order valence-corrected chi connectivity index (χ0v) is 15.6. The van der Waals surface area contributed by atoms with E-state index in [4.69, 9.17) is 16.6 Å². The molecule has 4 rings (SSSR count). The number of aryl methyl sites for hydroxylation is 1. The van der Waals surface area contributed by atoms with Crippen LogP contribution in [0.4, 0.5) is 0 Å². The van der Waals surface area contributed by atoms with Crippen LogP contribution >= 0.6 is 11.6 Å². The van der Waals surface area contributed by atoms with Crippen molar-refractivity contribution in [1.82, 2.24) is 14.5 Å². The predicted molar refractivity (Wildman–Crippen MR) is 108 cm³/mol. The molecule has 0 atom stereocenters. The summed E-state index contributed by atoms with van der Waals surface area (Å²) < 4.78 is 2.18. The fourth-order valence-electron chi connectivity index (χ4n) is 3.48. The lowest BCUT2D eigenvalue weighted by Gasteiger charge is -2.20. The number of benzene rings is 3. The van der Waals surface area contributed by atoms with Gasteiger partial charge in [0.05, 0.1) is 22.4 Å². The van der Waals surface area contributed by atoms with Crippen molar-refractivity contribution in [3.63, 3.8) is 0 Å². The molecule has 2 aromatic rings. The lowest BCUT2D eigenvalue weighted by molar-refractivity contribution is 0.388. The molecule has 2 aromatic carbocycles. The first-order valence-electron chi connectivity index (χ1n) is 8.71. The van der Waals surface area contributed by atoms with Gasteiger partial charge in [-0.15, -0.1) is 0 Å². The van der Waals surface area contributed by atoms with E-state index in [0.29, 0.717) is 10.4 Å². The largest absolute Gasteiger partial charge is 0.338 e. The van der Waals surface area contributed by atoms with Crippen LogP contribution in [0, 0.1) is 0 Å². The van der Waals surface area contributed by atoms with Gasteiger partial charge in [0.1, 0.15) is 0 Å². The average molecular weight is 366 g/mol. The minimum atomic E-state index is 0.0256. The second-order valence-electron chi connectivity index (χ2n) is 6.84. The predicted octanol–water partition coefficient (Wildman–Crippen LogP) is 4.26. The summed E-state index contributed by atoms with van der Waals surface area (Å²) in [6, 6.07) is 15.1. The van der Waals surface area contributed by atoms with E-state index in [9.17, 15) is 4.79 Å². The summed E-state index contributed by atoms with van der Waals surface area (Å²) >= 11 is 6.24. The molecule has 132 valence electrons. The van der Waals surface area contributed by atoms with E-state index in [1.54, 1.807) is 6.07 Å². The van der Waals surface area contributed by atoms with Crippen molar-refractivity contribution in [2.45, 2.75) is 13.0 Å². The number of aromatic nitrogens is 2. The molecule has 0 fully saturated rings. The SMILES string of the molecule is CN(C)CCCn1c2cc(=O)c3ccccc3c-2nc2ccc(Cl)cc21. The van der Waals surface area contributed by atoms with Crippen LogP contribution < -0.4 is 5.43 Å². The highest BCUT2D eigenvalue weighted by Crippen LogP contribution is 2.31. The standard InChI is InChI=1S/C21H20ClN3O/c1-24(2)10-5-11-25-18-12-14(22)8-9-17(18)23-21-16-7-4-3-6-15(16)20(26)13-19(21)25/h3-4,6-9,12-13H,5,10-11H2,1-2H3. The van der Waals surface area contributed by atoms with Crippen molar-refractivity contribution in [3.05, 3.63) is 63.8 Å². The molecule has 1 heterocycles. The van der Waals surface area contributed by atoms with Crippen LogP contribution in [0.15, 0.2) is 53.3 Å². The third-order valence-corrected chi connectivity index (χ3v) is 4.93. The maximum atomic E-state index is 12.7. The molecular weight excluding hydrogens is 346 g/mol. The molecule has 26 heavy (non-hydrogen) atoms. The molecule has 0 spiro atoms. The zero-order chi connectivity index (χ0) is 18.3. The highest BCUT2D eigenvalue weighted by Gasteiger charge is 2.17. The van der Waals surface area contributed by atoms with E-state index in [0.717, 1.165) is 47.3 Å². The lowest BCUT2D eigenvalue weighted by Crippen LogP contribution is -2.17. The molecule has 0 amide bonds. The van der Waals surface area contributed by atoms with E-state index in [1.807, 2.05) is 42.5 Å². The van der Waals surface area contributed by atoms with Crippen molar-refractivity contribution in [2.24, 2.45) is 0 Å². The summed E-state index contributed by atoms with van der Waals surface area (Å²) in [6.45, 7) is 1.77. The van der Waals surface area contributed by atoms with Gasteiger partial charge in [-0.1, -0.05) is 35.9 Å². The molecule has 0 radical (unpaired) electrons. The smallest absolute Gasteiger partial charge is 0.188 e. The molecule has 1 aliphatic heterocycles. The van der Waals surface area contributed by atoms with Crippen LogP contribution in [0.25, 0.3) is 33.2 Å². The highest BCUT2D eigenvalue weighted by molar-refractivity contribution is 6.31. The van der Waals surface area contributed by atoms with Gasteiger partial charge in [0, 0.05) is 28.4 Å². The van der Waals surface area contributed by atoms with Gasteiger partial charge >= 0.3 is 0 Å². The minimum Gasteiger partial charge on any atom is -0.338 e. The molecular formula is C21H20ClN3O. The summed E-state index contributed by atoms with van der Waals surface area (Å²) in [5, 5.41) is 2.28. The van der Waals surface area contributed by atoms with Gasteiger partial charge in [0.15, 0.2) is 5.43 Å². The number of hydrogen-bond acceptors (Lipinski definition) is 3. The Morgan fingerprint density at radius 3 is 2.62 bits per heavy atom. The highest BCUT2D eigenvalue weighted by atomic mass is 35.5. The number of rotatable bonds is 4. The molecule has 0 bridgehead atoms. The van der Waals surface area contributed by atoms with Crippen LogP contribution in [-0.2, 0) is 6.54 Å². The van der Waals surface area contributed by atoms with Crippen molar-refractivity contribution >= 4 is 33.4 Å². The topological polar surface area (TPSA) is 38.1 Å². The van der Waals surface area contributed by atoms with Gasteiger partial charge in [-0.3, -0.25) is 4.79 Å². The van der Waals surface area contributed by atoms with E-state index in [2.05, 4.69) is 23.6 Å². The van der Waals surface area contributed by atoms with Crippen LogP contribution in [-0.4, -0.2) is 35.1 Å². The van der Waals surface area contributed by atoms with E-state index in [-0.39, 0.29) is 5.43 Å². The average Bonchev–Trinajstić information content (AvgIpc) is 2.62. The van der Waals surface area contributed by atoms with E-state index >= 15 is 0 Å². The molecule has 5 heteroatoms. The number of fused-ring (bicyclic) bond motifs is 4. The molecule has 1 aliphatic carbocycles. The summed E-state index contributed by atoms with van der Waals surface area (Å²) in [4.78, 5) is 19.7. The molecule has 0 saturated heterocycles. The molecule has 0 N–H and O–H groups in total. The van der Waals surface area contributed by atoms with Gasteiger partial charge < -0.3 is 9.47 Å². The van der Waals surface area contributed by atoms with Crippen molar-refractivity contribution in [2.75, 3.05) is 20.6 Å². The van der Waals surface area contributed by atoms with Crippen molar-refractivity contribution < 1.29 is 0 Å². The Balaban J connectivity index is 2.04. The zero-order valence-electron chi connectivity index (χ0n) is 14.9. The van der Waals surface area contributed by atoms with Crippen LogP contribution in [0.5, 0.6) is 0 Å².